The van der Waals surface area contributed by atoms with Gasteiger partial charge in [-0.25, -0.2) is 4.98 Å². The molecular weight excluding hydrogens is 240 g/mol. The number of nitrogens with zero attached hydrogens (tertiary/aromatic N) is 1. The van der Waals surface area contributed by atoms with Crippen LogP contribution in [0.4, 0.5) is 0 Å². The molecule has 96 valence electrons. The second-order valence-corrected chi connectivity index (χ2v) is 6.08. The zero-order valence-corrected chi connectivity index (χ0v) is 12.0. The van der Waals surface area contributed by atoms with E-state index in [1.807, 2.05) is 13.0 Å². The van der Waals surface area contributed by atoms with Crippen LogP contribution >= 0.6 is 11.3 Å². The van der Waals surface area contributed by atoms with Gasteiger partial charge in [0, 0.05) is 17.3 Å². The van der Waals surface area contributed by atoms with Crippen LogP contribution in [-0.4, -0.2) is 4.98 Å². The highest BCUT2D eigenvalue weighted by atomic mass is 32.1. The van der Waals surface area contributed by atoms with Gasteiger partial charge in [0.05, 0.1) is 10.7 Å². The molecule has 2 aromatic rings. The summed E-state index contributed by atoms with van der Waals surface area (Å²) in [6.07, 6.45) is 0.901. The summed E-state index contributed by atoms with van der Waals surface area (Å²) in [6.45, 7) is 6.38. The summed E-state index contributed by atoms with van der Waals surface area (Å²) in [5.74, 6) is 0.437. The molecule has 2 N–H and O–H groups in total. The molecule has 1 heterocycles. The van der Waals surface area contributed by atoms with Crippen molar-refractivity contribution in [3.05, 3.63) is 51.5 Å². The van der Waals surface area contributed by atoms with Crippen molar-refractivity contribution < 1.29 is 0 Å². The molecule has 0 spiro atoms. The molecule has 18 heavy (non-hydrogen) atoms. The van der Waals surface area contributed by atoms with Crippen LogP contribution in [0.25, 0.3) is 0 Å². The first kappa shape index (κ1) is 13.2. The van der Waals surface area contributed by atoms with Crippen molar-refractivity contribution in [2.24, 2.45) is 5.73 Å². The minimum atomic E-state index is 0.0735. The first-order valence-corrected chi connectivity index (χ1v) is 7.18. The summed E-state index contributed by atoms with van der Waals surface area (Å²) in [5, 5.41) is 1.16. The largest absolute Gasteiger partial charge is 0.323 e. The average Bonchev–Trinajstić information content (AvgIpc) is 2.74. The van der Waals surface area contributed by atoms with E-state index in [9.17, 15) is 0 Å². The molecule has 1 aromatic carbocycles. The lowest BCUT2D eigenvalue weighted by molar-refractivity contribution is 0.759. The fraction of sp³-hybridized carbons (Fsp3) is 0.400. The molecule has 0 radical (unpaired) electrons. The molecule has 0 aliphatic carbocycles. The number of thiazole rings is 1. The van der Waals surface area contributed by atoms with E-state index in [0.29, 0.717) is 5.92 Å². The van der Waals surface area contributed by atoms with Crippen LogP contribution in [0.1, 0.15) is 53.9 Å². The van der Waals surface area contributed by atoms with Crippen LogP contribution in [0, 0.1) is 0 Å². The van der Waals surface area contributed by atoms with Crippen LogP contribution in [0.5, 0.6) is 0 Å². The van der Waals surface area contributed by atoms with Crippen LogP contribution in [-0.2, 0) is 6.42 Å². The Morgan fingerprint density at radius 2 is 1.83 bits per heavy atom. The topological polar surface area (TPSA) is 38.9 Å². The van der Waals surface area contributed by atoms with Gasteiger partial charge < -0.3 is 5.73 Å². The van der Waals surface area contributed by atoms with Gasteiger partial charge in [0.1, 0.15) is 0 Å². The number of benzene rings is 1. The van der Waals surface area contributed by atoms with E-state index < -0.39 is 0 Å². The molecule has 0 amide bonds. The molecule has 0 saturated carbocycles. The van der Waals surface area contributed by atoms with E-state index in [2.05, 4.69) is 38.1 Å². The van der Waals surface area contributed by atoms with E-state index in [-0.39, 0.29) is 6.04 Å². The predicted octanol–water partition coefficient (Wildman–Crippen LogP) is 3.88. The smallest absolute Gasteiger partial charge is 0.0975 e. The van der Waals surface area contributed by atoms with Crippen LogP contribution < -0.4 is 5.73 Å². The van der Waals surface area contributed by atoms with Crippen LogP contribution in [0.3, 0.4) is 0 Å². The first-order valence-electron chi connectivity index (χ1n) is 6.37. The van der Waals surface area contributed by atoms with Gasteiger partial charge in [-0.1, -0.05) is 44.2 Å². The first-order chi connectivity index (χ1) is 8.58. The van der Waals surface area contributed by atoms with Crippen LogP contribution in [0.2, 0.25) is 0 Å². The van der Waals surface area contributed by atoms with Gasteiger partial charge in [-0.2, -0.15) is 0 Å². The molecule has 0 fully saturated rings. The lowest BCUT2D eigenvalue weighted by Gasteiger charge is -2.07. The Bertz CT molecular complexity index is 475. The minimum absolute atomic E-state index is 0.0735. The van der Waals surface area contributed by atoms with Gasteiger partial charge >= 0.3 is 0 Å². The van der Waals surface area contributed by atoms with Crippen molar-refractivity contribution in [3.8, 4) is 0 Å². The summed E-state index contributed by atoms with van der Waals surface area (Å²) in [6, 6.07) is 10.5. The molecule has 0 bridgehead atoms. The Morgan fingerprint density at radius 3 is 2.33 bits per heavy atom. The van der Waals surface area contributed by atoms with Gasteiger partial charge in [-0.05, 0) is 18.4 Å². The van der Waals surface area contributed by atoms with E-state index in [4.69, 9.17) is 10.7 Å². The normalized spacial score (nSPS) is 12.9. The number of nitrogens with two attached hydrogens (primary N) is 1. The summed E-state index contributed by atoms with van der Waals surface area (Å²) in [5.41, 5.74) is 8.50. The van der Waals surface area contributed by atoms with Crippen molar-refractivity contribution >= 4 is 11.3 Å². The predicted molar refractivity (Wildman–Crippen MR) is 78.1 cm³/mol. The van der Waals surface area contributed by atoms with Gasteiger partial charge in [0.15, 0.2) is 0 Å². The Kier molecular flexibility index (Phi) is 4.15. The second kappa shape index (κ2) is 5.63. The molecule has 0 saturated heterocycles. The zero-order valence-electron chi connectivity index (χ0n) is 11.2. The van der Waals surface area contributed by atoms with Crippen molar-refractivity contribution in [1.82, 2.24) is 4.98 Å². The molecule has 2 rings (SSSR count). The van der Waals surface area contributed by atoms with E-state index in [0.717, 1.165) is 11.4 Å². The van der Waals surface area contributed by atoms with E-state index >= 15 is 0 Å². The van der Waals surface area contributed by atoms with Gasteiger partial charge in [0.2, 0.25) is 0 Å². The number of aromatic nitrogens is 1. The lowest BCUT2D eigenvalue weighted by atomic mass is 10.1. The lowest BCUT2D eigenvalue weighted by Crippen LogP contribution is -2.06. The molecule has 1 aromatic heterocycles. The molecule has 0 aliphatic heterocycles. The molecular formula is C15H20N2S. The highest BCUT2D eigenvalue weighted by molar-refractivity contribution is 7.11. The average molecular weight is 260 g/mol. The summed E-state index contributed by atoms with van der Waals surface area (Å²) < 4.78 is 0. The Labute approximate surface area is 113 Å². The number of rotatable bonds is 4. The molecule has 3 heteroatoms. The third-order valence-corrected chi connectivity index (χ3v) is 4.16. The van der Waals surface area contributed by atoms with Crippen molar-refractivity contribution in [1.29, 1.82) is 0 Å². The second-order valence-electron chi connectivity index (χ2n) is 4.96. The summed E-state index contributed by atoms with van der Waals surface area (Å²) in [7, 11) is 0. The molecule has 1 unspecified atom stereocenters. The third-order valence-electron chi connectivity index (χ3n) is 2.88. The Morgan fingerprint density at radius 1 is 1.17 bits per heavy atom. The maximum absolute atomic E-state index is 6.03. The molecule has 0 aliphatic rings. The van der Waals surface area contributed by atoms with E-state index in [1.54, 1.807) is 11.3 Å². The zero-order chi connectivity index (χ0) is 13.1. The fourth-order valence-electron chi connectivity index (χ4n) is 1.98. The van der Waals surface area contributed by atoms with Gasteiger partial charge in [0.25, 0.3) is 0 Å². The Hall–Kier alpha value is -1.19. The molecule has 1 atom stereocenters. The highest BCUT2D eigenvalue weighted by Crippen LogP contribution is 2.30. The SMILES string of the molecule is CC(C)c1nc(Cc2ccccc2)sc1C(C)N. The highest BCUT2D eigenvalue weighted by Gasteiger charge is 2.16. The number of hydrogen-bond donors (Lipinski definition) is 1. The van der Waals surface area contributed by atoms with Gasteiger partial charge in [-0.15, -0.1) is 11.3 Å². The maximum Gasteiger partial charge on any atom is 0.0975 e. The minimum Gasteiger partial charge on any atom is -0.323 e. The quantitative estimate of drug-likeness (QED) is 0.906. The standard InChI is InChI=1S/C15H20N2S/c1-10(2)14-15(11(3)16)18-13(17-14)9-12-7-5-4-6-8-12/h4-8,10-11H,9,16H2,1-3H3. The van der Waals surface area contributed by atoms with Crippen molar-refractivity contribution in [3.63, 3.8) is 0 Å². The van der Waals surface area contributed by atoms with Crippen molar-refractivity contribution in [2.75, 3.05) is 0 Å². The van der Waals surface area contributed by atoms with E-state index in [1.165, 1.54) is 16.1 Å². The van der Waals surface area contributed by atoms with Crippen molar-refractivity contribution in [2.45, 2.75) is 39.2 Å². The summed E-state index contributed by atoms with van der Waals surface area (Å²) in [4.78, 5) is 6.00. The molecule has 2 nitrogen and oxygen atoms in total. The third kappa shape index (κ3) is 2.98. The fourth-order valence-corrected chi connectivity index (χ4v) is 3.19. The monoisotopic (exact) mass is 260 g/mol. The number of hydrogen-bond acceptors (Lipinski definition) is 3. The van der Waals surface area contributed by atoms with Crippen LogP contribution in [0.15, 0.2) is 30.3 Å². The van der Waals surface area contributed by atoms with Gasteiger partial charge in [-0.3, -0.25) is 0 Å². The maximum atomic E-state index is 6.03. The Balaban J connectivity index is 2.27. The summed E-state index contributed by atoms with van der Waals surface area (Å²) >= 11 is 1.75.